The quantitative estimate of drug-likeness (QED) is 0.495. The maximum Gasteiger partial charge on any atom is -0.0258 e. The molecular weight excluding hydrogens is 132 g/mol. The monoisotopic (exact) mass is 148 g/mol. The first-order valence-corrected chi connectivity index (χ1v) is 5.36. The molecule has 0 aromatic heterocycles. The Morgan fingerprint density at radius 1 is 0.818 bits per heavy atom. The van der Waals surface area contributed by atoms with Crippen LogP contribution in [0.25, 0.3) is 0 Å². The molecule has 5 saturated carbocycles. The molecule has 5 aliphatic carbocycles. The fourth-order valence-electron chi connectivity index (χ4n) is 5.33. The Balaban J connectivity index is 1.88. The van der Waals surface area contributed by atoms with Crippen LogP contribution in [0.1, 0.15) is 38.5 Å². The van der Waals surface area contributed by atoms with E-state index in [4.69, 9.17) is 0 Å². The lowest BCUT2D eigenvalue weighted by Crippen LogP contribution is -2.51. The van der Waals surface area contributed by atoms with E-state index >= 15 is 0 Å². The summed E-state index contributed by atoms with van der Waals surface area (Å²) in [6.45, 7) is 0. The number of rotatable bonds is 0. The van der Waals surface area contributed by atoms with E-state index in [0.717, 1.165) is 5.41 Å². The minimum Gasteiger partial charge on any atom is -0.0475 e. The van der Waals surface area contributed by atoms with E-state index in [2.05, 4.69) is 0 Å². The Kier molecular flexibility index (Phi) is 0.717. The van der Waals surface area contributed by atoms with Crippen LogP contribution in [0.2, 0.25) is 0 Å². The molecule has 0 saturated heterocycles. The van der Waals surface area contributed by atoms with Gasteiger partial charge in [-0.05, 0) is 67.6 Å². The maximum absolute atomic E-state index is 1.64. The first-order valence-electron chi connectivity index (χ1n) is 5.36. The minimum absolute atomic E-state index is 0.955. The molecule has 0 nitrogen and oxygen atoms in total. The fraction of sp³-hybridized carbons (Fsp3) is 1.00. The van der Waals surface area contributed by atoms with Gasteiger partial charge in [0.05, 0.1) is 0 Å². The lowest BCUT2D eigenvalue weighted by Gasteiger charge is -2.60. The summed E-state index contributed by atoms with van der Waals surface area (Å²) < 4.78 is 0. The number of hydrogen-bond acceptors (Lipinski definition) is 0. The van der Waals surface area contributed by atoms with Crippen LogP contribution < -0.4 is 0 Å². The van der Waals surface area contributed by atoms with Crippen LogP contribution in [0.15, 0.2) is 0 Å². The Bertz CT molecular complexity index is 212. The predicted molar refractivity (Wildman–Crippen MR) is 44.1 cm³/mol. The lowest BCUT2D eigenvalue weighted by atomic mass is 9.45. The smallest absolute Gasteiger partial charge is 0.0258 e. The molecule has 5 atom stereocenters. The van der Waals surface area contributed by atoms with E-state index in [1.165, 1.54) is 23.7 Å². The highest BCUT2D eigenvalue weighted by molar-refractivity contribution is 5.14. The summed E-state index contributed by atoms with van der Waals surface area (Å²) in [6.07, 6.45) is 9.82. The van der Waals surface area contributed by atoms with Crippen LogP contribution in [0, 0.1) is 29.1 Å². The van der Waals surface area contributed by atoms with Crippen molar-refractivity contribution in [3.63, 3.8) is 0 Å². The molecule has 4 bridgehead atoms. The van der Waals surface area contributed by atoms with Gasteiger partial charge in [0.2, 0.25) is 0 Å². The molecule has 0 amide bonds. The second-order valence-corrected chi connectivity index (χ2v) is 5.78. The van der Waals surface area contributed by atoms with Crippen LogP contribution in [-0.2, 0) is 0 Å². The minimum atomic E-state index is 0.955. The van der Waals surface area contributed by atoms with Gasteiger partial charge in [-0.25, -0.2) is 0 Å². The summed E-state index contributed by atoms with van der Waals surface area (Å²) >= 11 is 0. The highest BCUT2D eigenvalue weighted by atomic mass is 14.7. The number of hydrogen-bond donors (Lipinski definition) is 0. The third kappa shape index (κ3) is 0.467. The van der Waals surface area contributed by atoms with Gasteiger partial charge in [-0.1, -0.05) is 0 Å². The molecule has 0 heteroatoms. The van der Waals surface area contributed by atoms with Crippen molar-refractivity contribution in [1.29, 1.82) is 0 Å². The van der Waals surface area contributed by atoms with Crippen molar-refractivity contribution in [2.75, 3.05) is 0 Å². The van der Waals surface area contributed by atoms with Crippen LogP contribution >= 0.6 is 0 Å². The molecule has 5 fully saturated rings. The zero-order chi connectivity index (χ0) is 7.05. The van der Waals surface area contributed by atoms with E-state index in [-0.39, 0.29) is 0 Å². The standard InChI is InChI=1S/C11H16/c1-7-2-9-6-11(4-7)5-8(1)3-10(9)11/h7-10H,1-6H2. The van der Waals surface area contributed by atoms with Gasteiger partial charge < -0.3 is 0 Å². The molecule has 0 N–H and O–H groups in total. The van der Waals surface area contributed by atoms with Crippen molar-refractivity contribution in [3.05, 3.63) is 0 Å². The summed E-state index contributed by atoms with van der Waals surface area (Å²) in [5.74, 6) is 4.81. The van der Waals surface area contributed by atoms with Crippen molar-refractivity contribution >= 4 is 0 Å². The predicted octanol–water partition coefficient (Wildman–Crippen LogP) is 2.83. The molecule has 60 valence electrons. The van der Waals surface area contributed by atoms with Gasteiger partial charge in [-0.2, -0.15) is 0 Å². The van der Waals surface area contributed by atoms with Gasteiger partial charge >= 0.3 is 0 Å². The molecule has 0 heterocycles. The molecule has 5 unspecified atom stereocenters. The molecule has 11 heavy (non-hydrogen) atoms. The molecule has 5 aliphatic rings. The van der Waals surface area contributed by atoms with E-state index < -0.39 is 0 Å². The van der Waals surface area contributed by atoms with Crippen molar-refractivity contribution in [1.82, 2.24) is 0 Å². The highest BCUT2D eigenvalue weighted by Gasteiger charge is 2.64. The van der Waals surface area contributed by atoms with Crippen LogP contribution in [-0.4, -0.2) is 0 Å². The van der Waals surface area contributed by atoms with Crippen molar-refractivity contribution in [2.24, 2.45) is 29.1 Å². The average Bonchev–Trinajstić information content (AvgIpc) is 2.09. The third-order valence-corrected chi connectivity index (χ3v) is 5.30. The van der Waals surface area contributed by atoms with Gasteiger partial charge in [-0.15, -0.1) is 0 Å². The zero-order valence-electron chi connectivity index (χ0n) is 7.05. The summed E-state index contributed by atoms with van der Waals surface area (Å²) in [5.41, 5.74) is 0.955. The lowest BCUT2D eigenvalue weighted by molar-refractivity contribution is -0.102. The van der Waals surface area contributed by atoms with Gasteiger partial charge in [0.1, 0.15) is 0 Å². The largest absolute Gasteiger partial charge is 0.0475 e. The first kappa shape index (κ1) is 5.61. The Morgan fingerprint density at radius 2 is 1.64 bits per heavy atom. The Hall–Kier alpha value is 0. The van der Waals surface area contributed by atoms with Crippen LogP contribution in [0.3, 0.4) is 0 Å². The SMILES string of the molecule is C1C2CC3CC4(C2)CC1CC34. The van der Waals surface area contributed by atoms with Crippen molar-refractivity contribution < 1.29 is 0 Å². The van der Waals surface area contributed by atoms with E-state index in [9.17, 15) is 0 Å². The molecule has 0 aromatic rings. The molecule has 1 spiro atoms. The van der Waals surface area contributed by atoms with Gasteiger partial charge in [0.15, 0.2) is 0 Å². The van der Waals surface area contributed by atoms with Crippen molar-refractivity contribution in [2.45, 2.75) is 38.5 Å². The second kappa shape index (κ2) is 1.41. The van der Waals surface area contributed by atoms with Crippen LogP contribution in [0.5, 0.6) is 0 Å². The van der Waals surface area contributed by atoms with E-state index in [1.54, 1.807) is 38.5 Å². The summed E-state index contributed by atoms with van der Waals surface area (Å²) in [4.78, 5) is 0. The summed E-state index contributed by atoms with van der Waals surface area (Å²) in [7, 11) is 0. The number of fused-ring (bicyclic) bond motifs is 1. The molecule has 0 aliphatic heterocycles. The summed E-state index contributed by atoms with van der Waals surface area (Å²) in [6, 6.07) is 0. The second-order valence-electron chi connectivity index (χ2n) is 5.78. The Morgan fingerprint density at radius 3 is 2.55 bits per heavy atom. The maximum atomic E-state index is 1.64. The van der Waals surface area contributed by atoms with E-state index in [1.807, 2.05) is 0 Å². The fourth-order valence-corrected chi connectivity index (χ4v) is 5.33. The Labute approximate surface area is 68.4 Å². The zero-order valence-corrected chi connectivity index (χ0v) is 7.05. The third-order valence-electron chi connectivity index (χ3n) is 5.30. The first-order chi connectivity index (χ1) is 5.36. The molecule has 0 aromatic carbocycles. The van der Waals surface area contributed by atoms with Gasteiger partial charge in [-0.3, -0.25) is 0 Å². The van der Waals surface area contributed by atoms with Crippen LogP contribution in [0.4, 0.5) is 0 Å². The topological polar surface area (TPSA) is 0 Å². The van der Waals surface area contributed by atoms with Gasteiger partial charge in [0, 0.05) is 0 Å². The van der Waals surface area contributed by atoms with Gasteiger partial charge in [0.25, 0.3) is 0 Å². The van der Waals surface area contributed by atoms with Crippen molar-refractivity contribution in [3.8, 4) is 0 Å². The molecule has 5 rings (SSSR count). The molecule has 0 radical (unpaired) electrons. The average molecular weight is 148 g/mol. The summed E-state index contributed by atoms with van der Waals surface area (Å²) in [5, 5.41) is 0. The molecular formula is C11H16. The highest BCUT2D eigenvalue weighted by Crippen LogP contribution is 2.74. The van der Waals surface area contributed by atoms with E-state index in [0.29, 0.717) is 0 Å². The normalized spacial score (nSPS) is 69.8.